The second-order valence-corrected chi connectivity index (χ2v) is 2.66. The van der Waals surface area contributed by atoms with Gasteiger partial charge >= 0.3 is 0 Å². The molecule has 5 heteroatoms. The maximum absolute atomic E-state index is 13.0. The van der Waals surface area contributed by atoms with Crippen molar-refractivity contribution in [2.45, 2.75) is 13.0 Å². The predicted molar refractivity (Wildman–Crippen MR) is 42.9 cm³/mol. The van der Waals surface area contributed by atoms with Gasteiger partial charge in [0.1, 0.15) is 0 Å². The summed E-state index contributed by atoms with van der Waals surface area (Å²) >= 11 is 0. The van der Waals surface area contributed by atoms with Gasteiger partial charge in [-0.1, -0.05) is 6.07 Å². The molecule has 0 spiro atoms. The van der Waals surface area contributed by atoms with Gasteiger partial charge in [0.25, 0.3) is 0 Å². The van der Waals surface area contributed by atoms with Crippen LogP contribution in [0.25, 0.3) is 0 Å². The highest BCUT2D eigenvalue weighted by molar-refractivity contribution is 5.35. The molecule has 1 rings (SSSR count). The molecule has 0 aliphatic carbocycles. The number of aliphatic imine (C=N–C) groups is 1. The fraction of sp³-hybridized carbons (Fsp3) is 0.222. The monoisotopic (exact) mass is 201 g/mol. The van der Waals surface area contributed by atoms with Crippen LogP contribution in [0.4, 0.5) is 13.2 Å². The Morgan fingerprint density at radius 3 is 2.50 bits per heavy atom. The van der Waals surface area contributed by atoms with Crippen molar-refractivity contribution < 1.29 is 18.0 Å². The molecule has 0 radical (unpaired) electrons. The lowest BCUT2D eigenvalue weighted by Gasteiger charge is -2.06. The molecule has 2 nitrogen and oxygen atoms in total. The van der Waals surface area contributed by atoms with E-state index in [0.29, 0.717) is 0 Å². The Kier molecular flexibility index (Phi) is 3.04. The summed E-state index contributed by atoms with van der Waals surface area (Å²) < 4.78 is 38.2. The lowest BCUT2D eigenvalue weighted by Crippen LogP contribution is -1.99. The van der Waals surface area contributed by atoms with E-state index in [-0.39, 0.29) is 5.56 Å². The third-order valence-electron chi connectivity index (χ3n) is 1.76. The SMILES string of the molecule is CC(N=C=O)c1ccc(F)c(F)c1F. The zero-order chi connectivity index (χ0) is 10.7. The molecule has 0 amide bonds. The van der Waals surface area contributed by atoms with Gasteiger partial charge in [-0.05, 0) is 13.0 Å². The molecule has 0 heterocycles. The maximum Gasteiger partial charge on any atom is 0.235 e. The number of hydrogen-bond acceptors (Lipinski definition) is 2. The molecule has 0 saturated heterocycles. The highest BCUT2D eigenvalue weighted by Crippen LogP contribution is 2.23. The van der Waals surface area contributed by atoms with E-state index in [2.05, 4.69) is 4.99 Å². The molecule has 1 aromatic rings. The standard InChI is InChI=1S/C9H6F3NO/c1-5(13-4-14)6-2-3-7(10)9(12)8(6)11/h2-3,5H,1H3. The third-order valence-corrected chi connectivity index (χ3v) is 1.76. The lowest BCUT2D eigenvalue weighted by atomic mass is 10.1. The summed E-state index contributed by atoms with van der Waals surface area (Å²) in [4.78, 5) is 13.1. The molecule has 0 aliphatic heterocycles. The van der Waals surface area contributed by atoms with Crippen molar-refractivity contribution in [2.75, 3.05) is 0 Å². The molecular weight excluding hydrogens is 195 g/mol. The van der Waals surface area contributed by atoms with Crippen molar-refractivity contribution >= 4 is 6.08 Å². The van der Waals surface area contributed by atoms with E-state index in [0.717, 1.165) is 12.1 Å². The minimum absolute atomic E-state index is 0.174. The fourth-order valence-corrected chi connectivity index (χ4v) is 1.01. The molecule has 74 valence electrons. The number of isocyanates is 1. The Hall–Kier alpha value is -1.61. The Labute approximate surface area is 78.1 Å². The molecule has 0 aromatic heterocycles. The predicted octanol–water partition coefficient (Wildman–Crippen LogP) is 2.50. The van der Waals surface area contributed by atoms with E-state index in [1.807, 2.05) is 0 Å². The molecular formula is C9H6F3NO. The van der Waals surface area contributed by atoms with Crippen LogP contribution in [0.15, 0.2) is 17.1 Å². The number of carbonyl (C=O) groups excluding carboxylic acids is 1. The van der Waals surface area contributed by atoms with Gasteiger partial charge in [-0.3, -0.25) is 0 Å². The Morgan fingerprint density at radius 2 is 1.93 bits per heavy atom. The van der Waals surface area contributed by atoms with Crippen molar-refractivity contribution in [2.24, 2.45) is 4.99 Å². The first-order valence-corrected chi connectivity index (χ1v) is 3.78. The Balaban J connectivity index is 3.23. The minimum Gasteiger partial charge on any atom is -0.211 e. The summed E-state index contributed by atoms with van der Waals surface area (Å²) in [5.41, 5.74) is -0.174. The molecule has 1 aromatic carbocycles. The maximum atomic E-state index is 13.0. The van der Waals surface area contributed by atoms with E-state index >= 15 is 0 Å². The van der Waals surface area contributed by atoms with Crippen LogP contribution in [0.5, 0.6) is 0 Å². The largest absolute Gasteiger partial charge is 0.235 e. The van der Waals surface area contributed by atoms with E-state index in [1.165, 1.54) is 13.0 Å². The van der Waals surface area contributed by atoms with Crippen LogP contribution >= 0.6 is 0 Å². The molecule has 14 heavy (non-hydrogen) atoms. The quantitative estimate of drug-likeness (QED) is 0.410. The van der Waals surface area contributed by atoms with Crippen LogP contribution in [-0.2, 0) is 4.79 Å². The van der Waals surface area contributed by atoms with Gasteiger partial charge in [0, 0.05) is 5.56 Å². The van der Waals surface area contributed by atoms with Crippen molar-refractivity contribution in [1.29, 1.82) is 0 Å². The number of rotatable bonds is 2. The van der Waals surface area contributed by atoms with E-state index in [4.69, 9.17) is 0 Å². The molecule has 0 aliphatic rings. The molecule has 0 saturated carbocycles. The topological polar surface area (TPSA) is 29.4 Å². The summed E-state index contributed by atoms with van der Waals surface area (Å²) in [6.45, 7) is 1.38. The van der Waals surface area contributed by atoms with E-state index in [1.54, 1.807) is 0 Å². The normalized spacial score (nSPS) is 12.0. The number of hydrogen-bond donors (Lipinski definition) is 0. The summed E-state index contributed by atoms with van der Waals surface area (Å²) in [7, 11) is 0. The number of benzene rings is 1. The average molecular weight is 201 g/mol. The van der Waals surface area contributed by atoms with Gasteiger partial charge in [0.2, 0.25) is 6.08 Å². The fourth-order valence-electron chi connectivity index (χ4n) is 1.01. The molecule has 1 atom stereocenters. The second kappa shape index (κ2) is 4.07. The first-order chi connectivity index (χ1) is 6.57. The van der Waals surface area contributed by atoms with E-state index in [9.17, 15) is 18.0 Å². The summed E-state index contributed by atoms with van der Waals surface area (Å²) in [6.07, 6.45) is 1.22. The van der Waals surface area contributed by atoms with Crippen LogP contribution in [-0.4, -0.2) is 6.08 Å². The van der Waals surface area contributed by atoms with Crippen LogP contribution in [0.2, 0.25) is 0 Å². The van der Waals surface area contributed by atoms with E-state index < -0.39 is 23.5 Å². The number of halogens is 3. The average Bonchev–Trinajstić information content (AvgIpc) is 2.15. The van der Waals surface area contributed by atoms with Crippen molar-refractivity contribution in [3.05, 3.63) is 35.1 Å². The number of nitrogens with zero attached hydrogens (tertiary/aromatic N) is 1. The van der Waals surface area contributed by atoms with Crippen molar-refractivity contribution in [1.82, 2.24) is 0 Å². The Bertz CT molecular complexity index is 399. The highest BCUT2D eigenvalue weighted by Gasteiger charge is 2.16. The summed E-state index contributed by atoms with van der Waals surface area (Å²) in [6, 6.07) is 0.951. The molecule has 0 N–H and O–H groups in total. The van der Waals surface area contributed by atoms with Gasteiger partial charge in [-0.2, -0.15) is 4.99 Å². The van der Waals surface area contributed by atoms with Gasteiger partial charge < -0.3 is 0 Å². The summed E-state index contributed by atoms with van der Waals surface area (Å²) in [5.74, 6) is -4.15. The zero-order valence-corrected chi connectivity index (χ0v) is 7.22. The van der Waals surface area contributed by atoms with Crippen LogP contribution in [0.1, 0.15) is 18.5 Å². The molecule has 0 bridgehead atoms. The summed E-state index contributed by atoms with van der Waals surface area (Å²) in [5, 5.41) is 0. The Morgan fingerprint density at radius 1 is 1.29 bits per heavy atom. The first kappa shape index (κ1) is 10.5. The van der Waals surface area contributed by atoms with Gasteiger partial charge in [0.05, 0.1) is 6.04 Å². The van der Waals surface area contributed by atoms with Gasteiger partial charge in [0.15, 0.2) is 17.5 Å². The smallest absolute Gasteiger partial charge is 0.211 e. The van der Waals surface area contributed by atoms with Crippen LogP contribution in [0.3, 0.4) is 0 Å². The van der Waals surface area contributed by atoms with Crippen LogP contribution in [0, 0.1) is 17.5 Å². The third kappa shape index (κ3) is 1.83. The van der Waals surface area contributed by atoms with Crippen LogP contribution < -0.4 is 0 Å². The molecule has 0 fully saturated rings. The lowest BCUT2D eigenvalue weighted by molar-refractivity contribution is 0.437. The zero-order valence-electron chi connectivity index (χ0n) is 7.22. The molecule has 1 unspecified atom stereocenters. The van der Waals surface area contributed by atoms with Gasteiger partial charge in [-0.25, -0.2) is 18.0 Å². The van der Waals surface area contributed by atoms with Crippen molar-refractivity contribution in [3.63, 3.8) is 0 Å². The van der Waals surface area contributed by atoms with Gasteiger partial charge in [-0.15, -0.1) is 0 Å². The van der Waals surface area contributed by atoms with Crippen molar-refractivity contribution in [3.8, 4) is 0 Å². The first-order valence-electron chi connectivity index (χ1n) is 3.78. The second-order valence-electron chi connectivity index (χ2n) is 2.66. The highest BCUT2D eigenvalue weighted by atomic mass is 19.2. The minimum atomic E-state index is -1.56.